The molecule has 3 aromatic rings. The van der Waals surface area contributed by atoms with Crippen molar-refractivity contribution in [3.63, 3.8) is 0 Å². The van der Waals surface area contributed by atoms with E-state index < -0.39 is 0 Å². The zero-order valence-electron chi connectivity index (χ0n) is 17.7. The van der Waals surface area contributed by atoms with Gasteiger partial charge in [0.2, 0.25) is 0 Å². The van der Waals surface area contributed by atoms with Gasteiger partial charge in [-0.2, -0.15) is 0 Å². The van der Waals surface area contributed by atoms with Gasteiger partial charge < -0.3 is 10.4 Å². The standard InChI is InChI=1S/C26H32NOP/c1-4-26(5-2,29-24-17-10-9-14-22(24)19-27-3)23-16-11-15-21(25(23)28)18-20-12-7-6-8-13-20/h6-17,27-29H,4-5,18-19H2,1-3H3. The molecule has 0 saturated heterocycles. The van der Waals surface area contributed by atoms with Crippen molar-refractivity contribution in [3.8, 4) is 5.75 Å². The van der Waals surface area contributed by atoms with Gasteiger partial charge in [-0.05, 0) is 41.9 Å². The van der Waals surface area contributed by atoms with Crippen molar-refractivity contribution in [2.75, 3.05) is 7.05 Å². The summed E-state index contributed by atoms with van der Waals surface area (Å²) in [5.74, 6) is 0.471. The molecule has 0 saturated carbocycles. The molecule has 3 aromatic carbocycles. The molecule has 0 spiro atoms. The van der Waals surface area contributed by atoms with Gasteiger partial charge in [-0.3, -0.25) is 0 Å². The van der Waals surface area contributed by atoms with Crippen LogP contribution < -0.4 is 10.6 Å². The fourth-order valence-corrected chi connectivity index (χ4v) is 5.77. The molecule has 0 fully saturated rings. The summed E-state index contributed by atoms with van der Waals surface area (Å²) in [4.78, 5) is 0. The van der Waals surface area contributed by atoms with Crippen LogP contribution in [-0.4, -0.2) is 12.2 Å². The number of hydrogen-bond donors (Lipinski definition) is 2. The summed E-state index contributed by atoms with van der Waals surface area (Å²) >= 11 is 0. The monoisotopic (exact) mass is 405 g/mol. The average molecular weight is 406 g/mol. The molecule has 0 aromatic heterocycles. The van der Waals surface area contributed by atoms with Gasteiger partial charge >= 0.3 is 0 Å². The van der Waals surface area contributed by atoms with Crippen molar-refractivity contribution < 1.29 is 5.11 Å². The van der Waals surface area contributed by atoms with E-state index in [1.165, 1.54) is 16.4 Å². The molecule has 0 aliphatic carbocycles. The number of rotatable bonds is 9. The van der Waals surface area contributed by atoms with E-state index >= 15 is 0 Å². The largest absolute Gasteiger partial charge is 0.507 e. The van der Waals surface area contributed by atoms with E-state index in [4.69, 9.17) is 0 Å². The zero-order valence-corrected chi connectivity index (χ0v) is 18.7. The third-order valence-corrected chi connectivity index (χ3v) is 8.05. The van der Waals surface area contributed by atoms with E-state index in [0.717, 1.165) is 36.9 Å². The molecule has 1 atom stereocenters. The lowest BCUT2D eigenvalue weighted by atomic mass is 9.89. The summed E-state index contributed by atoms with van der Waals surface area (Å²) in [7, 11) is 2.60. The zero-order chi connectivity index (χ0) is 20.7. The van der Waals surface area contributed by atoms with E-state index in [0.29, 0.717) is 14.3 Å². The van der Waals surface area contributed by atoms with Crippen molar-refractivity contribution in [2.45, 2.75) is 44.8 Å². The molecule has 29 heavy (non-hydrogen) atoms. The van der Waals surface area contributed by atoms with Crippen molar-refractivity contribution in [1.82, 2.24) is 5.32 Å². The third kappa shape index (κ3) is 4.89. The van der Waals surface area contributed by atoms with Crippen LogP contribution in [-0.2, 0) is 18.1 Å². The second kappa shape index (κ2) is 10.1. The Hall–Kier alpha value is -2.15. The fraction of sp³-hybridized carbons (Fsp3) is 0.308. The Morgan fingerprint density at radius 2 is 1.48 bits per heavy atom. The first-order valence-electron chi connectivity index (χ1n) is 10.5. The normalized spacial score (nSPS) is 12.0. The Labute approximate surface area is 177 Å². The molecule has 3 heteroatoms. The first kappa shape index (κ1) is 21.6. The van der Waals surface area contributed by atoms with Crippen molar-refractivity contribution >= 4 is 13.9 Å². The molecule has 2 N–H and O–H groups in total. The number of phenolic OH excluding ortho intramolecular Hbond substituents is 1. The second-order valence-electron chi connectivity index (χ2n) is 7.58. The maximum Gasteiger partial charge on any atom is 0.123 e. The van der Waals surface area contributed by atoms with Crippen molar-refractivity contribution in [3.05, 3.63) is 95.1 Å². The predicted octanol–water partition coefficient (Wildman–Crippen LogP) is 5.72. The molecule has 0 heterocycles. The minimum Gasteiger partial charge on any atom is -0.507 e. The Kier molecular flexibility index (Phi) is 7.47. The molecule has 0 radical (unpaired) electrons. The second-order valence-corrected chi connectivity index (χ2v) is 9.32. The van der Waals surface area contributed by atoms with Gasteiger partial charge in [-0.15, -0.1) is 0 Å². The maximum absolute atomic E-state index is 11.3. The lowest BCUT2D eigenvalue weighted by Crippen LogP contribution is -2.24. The summed E-state index contributed by atoms with van der Waals surface area (Å²) in [6.07, 6.45) is 2.75. The number of phenols is 1. The van der Waals surface area contributed by atoms with Gasteiger partial charge in [0.1, 0.15) is 5.75 Å². The van der Waals surface area contributed by atoms with Crippen LogP contribution in [0.2, 0.25) is 0 Å². The molecule has 0 aliphatic rings. The smallest absolute Gasteiger partial charge is 0.123 e. The summed E-state index contributed by atoms with van der Waals surface area (Å²) in [6, 6.07) is 25.4. The minimum absolute atomic E-state index is 0.0549. The maximum atomic E-state index is 11.3. The van der Waals surface area contributed by atoms with Crippen molar-refractivity contribution in [2.24, 2.45) is 0 Å². The van der Waals surface area contributed by atoms with Gasteiger partial charge in [0, 0.05) is 23.7 Å². The summed E-state index contributed by atoms with van der Waals surface area (Å²) in [5, 5.41) is 15.9. The quantitative estimate of drug-likeness (QED) is 0.446. The van der Waals surface area contributed by atoms with Crippen LogP contribution >= 0.6 is 8.58 Å². The van der Waals surface area contributed by atoms with Gasteiger partial charge in [0.05, 0.1) is 0 Å². The Balaban J connectivity index is 2.00. The highest BCUT2D eigenvalue weighted by molar-refractivity contribution is 7.48. The minimum atomic E-state index is -0.0549. The van der Waals surface area contributed by atoms with Crippen LogP contribution in [0.4, 0.5) is 0 Å². The van der Waals surface area contributed by atoms with Gasteiger partial charge in [0.15, 0.2) is 0 Å². The molecular formula is C26H32NOP. The SMILES string of the molecule is CCC(CC)(Pc1ccccc1CNC)c1cccc(Cc2ccccc2)c1O. The van der Waals surface area contributed by atoms with Crippen LogP contribution in [0.15, 0.2) is 72.8 Å². The third-order valence-electron chi connectivity index (χ3n) is 5.84. The number of aromatic hydroxyl groups is 1. The van der Waals surface area contributed by atoms with Crippen LogP contribution in [0.1, 0.15) is 48.9 Å². The first-order valence-corrected chi connectivity index (χ1v) is 11.5. The van der Waals surface area contributed by atoms with Crippen LogP contribution in [0, 0.1) is 0 Å². The van der Waals surface area contributed by atoms with E-state index in [1.54, 1.807) is 0 Å². The highest BCUT2D eigenvalue weighted by Crippen LogP contribution is 2.50. The molecule has 2 nitrogen and oxygen atoms in total. The molecule has 1 unspecified atom stereocenters. The van der Waals surface area contributed by atoms with Crippen molar-refractivity contribution in [1.29, 1.82) is 0 Å². The number of hydrogen-bond acceptors (Lipinski definition) is 2. The Bertz CT molecular complexity index is 919. The molecule has 0 aliphatic heterocycles. The van der Waals surface area contributed by atoms with E-state index in [-0.39, 0.29) is 5.16 Å². The van der Waals surface area contributed by atoms with Crippen LogP contribution in [0.3, 0.4) is 0 Å². The summed E-state index contributed by atoms with van der Waals surface area (Å²) < 4.78 is 0. The predicted molar refractivity (Wildman–Crippen MR) is 127 cm³/mol. The molecule has 3 rings (SSSR count). The lowest BCUT2D eigenvalue weighted by molar-refractivity contribution is 0.443. The molecule has 0 amide bonds. The van der Waals surface area contributed by atoms with Crippen LogP contribution in [0.5, 0.6) is 5.75 Å². The van der Waals surface area contributed by atoms with Crippen LogP contribution in [0.25, 0.3) is 0 Å². The highest BCUT2D eigenvalue weighted by atomic mass is 31.1. The van der Waals surface area contributed by atoms with Gasteiger partial charge in [0.25, 0.3) is 0 Å². The average Bonchev–Trinajstić information content (AvgIpc) is 2.76. The summed E-state index contributed by atoms with van der Waals surface area (Å²) in [5.41, 5.74) is 4.67. The molecule has 152 valence electrons. The topological polar surface area (TPSA) is 32.3 Å². The number of para-hydroxylation sites is 1. The van der Waals surface area contributed by atoms with Gasteiger partial charge in [-0.1, -0.05) is 95.2 Å². The molecular weight excluding hydrogens is 373 g/mol. The molecule has 0 bridgehead atoms. The first-order chi connectivity index (χ1) is 14.1. The lowest BCUT2D eigenvalue weighted by Gasteiger charge is -2.34. The summed E-state index contributed by atoms with van der Waals surface area (Å²) in [6.45, 7) is 5.37. The van der Waals surface area contributed by atoms with E-state index in [1.807, 2.05) is 13.1 Å². The Morgan fingerprint density at radius 3 is 2.17 bits per heavy atom. The van der Waals surface area contributed by atoms with E-state index in [2.05, 4.69) is 85.9 Å². The van der Waals surface area contributed by atoms with E-state index in [9.17, 15) is 5.11 Å². The Morgan fingerprint density at radius 1 is 0.828 bits per heavy atom. The fourth-order valence-electron chi connectivity index (χ4n) is 4.06. The van der Waals surface area contributed by atoms with Gasteiger partial charge in [-0.25, -0.2) is 0 Å². The number of benzene rings is 3. The number of nitrogens with one attached hydrogen (secondary N) is 1. The highest BCUT2D eigenvalue weighted by Gasteiger charge is 2.32.